The quantitative estimate of drug-likeness (QED) is 0.772. The molecule has 1 aliphatic rings. The van der Waals surface area contributed by atoms with Crippen LogP contribution in [-0.4, -0.2) is 37.0 Å². The number of amides is 1. The summed E-state index contributed by atoms with van der Waals surface area (Å²) in [5.74, 6) is 0.562. The highest BCUT2D eigenvalue weighted by Crippen LogP contribution is 2.39. The Balaban J connectivity index is 2.10. The molecule has 0 spiro atoms. The summed E-state index contributed by atoms with van der Waals surface area (Å²) < 4.78 is 10.2. The molecule has 0 bridgehead atoms. The summed E-state index contributed by atoms with van der Waals surface area (Å²) in [6, 6.07) is 13.2. The van der Waals surface area contributed by atoms with E-state index in [0.717, 1.165) is 23.3 Å². The molecule has 0 radical (unpaired) electrons. The molecule has 142 valence electrons. The number of nitrogens with zero attached hydrogens (tertiary/aromatic N) is 1. The molecule has 0 aliphatic carbocycles. The average molecular weight is 367 g/mol. The van der Waals surface area contributed by atoms with Crippen molar-refractivity contribution in [1.82, 2.24) is 4.90 Å². The van der Waals surface area contributed by atoms with Crippen molar-refractivity contribution in [1.29, 1.82) is 0 Å². The molecule has 1 amide bonds. The number of esters is 1. The molecule has 0 saturated heterocycles. The van der Waals surface area contributed by atoms with Gasteiger partial charge in [-0.05, 0) is 54.3 Å². The maximum Gasteiger partial charge on any atom is 0.337 e. The summed E-state index contributed by atoms with van der Waals surface area (Å²) in [5, 5.41) is 0. The molecule has 2 aromatic rings. The first kappa shape index (κ1) is 19.0. The Kier molecular flexibility index (Phi) is 5.49. The van der Waals surface area contributed by atoms with E-state index in [2.05, 4.69) is 13.0 Å². The monoisotopic (exact) mass is 367 g/mol. The summed E-state index contributed by atoms with van der Waals surface area (Å²) in [5.41, 5.74) is 3.75. The van der Waals surface area contributed by atoms with Crippen molar-refractivity contribution in [3.05, 3.63) is 64.7 Å². The van der Waals surface area contributed by atoms with Crippen LogP contribution in [0.2, 0.25) is 0 Å². The zero-order valence-corrected chi connectivity index (χ0v) is 16.2. The molecule has 1 heterocycles. The highest BCUT2D eigenvalue weighted by molar-refractivity contribution is 5.89. The SMILES string of the molecule is CCC(=O)N1[C@@H](c2ccc(C(=O)OC)cc2)c2ccc(OC)cc2C[C@@H]1C. The van der Waals surface area contributed by atoms with Gasteiger partial charge in [0, 0.05) is 12.5 Å². The van der Waals surface area contributed by atoms with E-state index in [1.54, 1.807) is 19.2 Å². The van der Waals surface area contributed by atoms with E-state index >= 15 is 0 Å². The van der Waals surface area contributed by atoms with Crippen LogP contribution in [0.25, 0.3) is 0 Å². The van der Waals surface area contributed by atoms with E-state index in [1.807, 2.05) is 36.1 Å². The van der Waals surface area contributed by atoms with Gasteiger partial charge in [0.05, 0.1) is 25.8 Å². The molecular weight excluding hydrogens is 342 g/mol. The van der Waals surface area contributed by atoms with Gasteiger partial charge in [-0.1, -0.05) is 25.1 Å². The van der Waals surface area contributed by atoms with E-state index in [9.17, 15) is 9.59 Å². The molecule has 2 aromatic carbocycles. The number of fused-ring (bicyclic) bond motifs is 1. The van der Waals surface area contributed by atoms with Crippen molar-refractivity contribution in [2.75, 3.05) is 14.2 Å². The van der Waals surface area contributed by atoms with Crippen molar-refractivity contribution in [3.63, 3.8) is 0 Å². The fourth-order valence-electron chi connectivity index (χ4n) is 3.81. The van der Waals surface area contributed by atoms with Gasteiger partial charge in [-0.3, -0.25) is 4.79 Å². The van der Waals surface area contributed by atoms with Crippen LogP contribution in [0, 0.1) is 0 Å². The summed E-state index contributed by atoms with van der Waals surface area (Å²) >= 11 is 0. The van der Waals surface area contributed by atoms with Gasteiger partial charge in [-0.15, -0.1) is 0 Å². The normalized spacial score (nSPS) is 18.6. The second kappa shape index (κ2) is 7.82. The molecule has 5 heteroatoms. The van der Waals surface area contributed by atoms with Crippen molar-refractivity contribution in [2.45, 2.75) is 38.8 Å². The molecular formula is C22H25NO4. The van der Waals surface area contributed by atoms with Crippen molar-refractivity contribution in [3.8, 4) is 5.75 Å². The largest absolute Gasteiger partial charge is 0.497 e. The third-order valence-electron chi connectivity index (χ3n) is 5.15. The summed E-state index contributed by atoms with van der Waals surface area (Å²) in [4.78, 5) is 26.4. The van der Waals surface area contributed by atoms with Gasteiger partial charge in [0.15, 0.2) is 0 Å². The second-order valence-corrected chi connectivity index (χ2v) is 6.79. The molecule has 0 N–H and O–H groups in total. The van der Waals surface area contributed by atoms with Gasteiger partial charge in [0.1, 0.15) is 5.75 Å². The van der Waals surface area contributed by atoms with Gasteiger partial charge >= 0.3 is 5.97 Å². The van der Waals surface area contributed by atoms with Crippen molar-refractivity contribution >= 4 is 11.9 Å². The number of hydrogen-bond acceptors (Lipinski definition) is 4. The Hall–Kier alpha value is -2.82. The average Bonchev–Trinajstić information content (AvgIpc) is 2.71. The number of ether oxygens (including phenoxy) is 2. The lowest BCUT2D eigenvalue weighted by molar-refractivity contribution is -0.135. The lowest BCUT2D eigenvalue weighted by Crippen LogP contribution is -2.46. The van der Waals surface area contributed by atoms with Crippen LogP contribution in [-0.2, 0) is 16.0 Å². The zero-order valence-electron chi connectivity index (χ0n) is 16.2. The molecule has 5 nitrogen and oxygen atoms in total. The van der Waals surface area contributed by atoms with Crippen LogP contribution in [0.5, 0.6) is 5.75 Å². The maximum atomic E-state index is 12.7. The smallest absolute Gasteiger partial charge is 0.337 e. The van der Waals surface area contributed by atoms with E-state index in [4.69, 9.17) is 9.47 Å². The predicted octanol–water partition coefficient (Wildman–Crippen LogP) is 3.75. The number of carbonyl (C=O) groups is 2. The Morgan fingerprint density at radius 2 is 1.81 bits per heavy atom. The Bertz CT molecular complexity index is 844. The molecule has 1 aliphatic heterocycles. The van der Waals surface area contributed by atoms with Gasteiger partial charge in [0.2, 0.25) is 5.91 Å². The molecule has 3 rings (SSSR count). The van der Waals surface area contributed by atoms with Gasteiger partial charge in [0.25, 0.3) is 0 Å². The standard InChI is InChI=1S/C22H25NO4/c1-5-20(24)23-14(2)12-17-13-18(26-3)10-11-19(17)21(23)15-6-8-16(9-7-15)22(25)27-4/h6-11,13-14,21H,5,12H2,1-4H3/t14-,21-/m0/s1. The Morgan fingerprint density at radius 1 is 1.11 bits per heavy atom. The minimum absolute atomic E-state index is 0.0716. The number of benzene rings is 2. The third kappa shape index (κ3) is 3.54. The summed E-state index contributed by atoms with van der Waals surface area (Å²) in [7, 11) is 3.02. The third-order valence-corrected chi connectivity index (χ3v) is 5.15. The zero-order chi connectivity index (χ0) is 19.6. The second-order valence-electron chi connectivity index (χ2n) is 6.79. The topological polar surface area (TPSA) is 55.8 Å². The first-order chi connectivity index (χ1) is 13.0. The van der Waals surface area contributed by atoms with Crippen molar-refractivity contribution < 1.29 is 19.1 Å². The van der Waals surface area contributed by atoms with Crippen LogP contribution in [0.15, 0.2) is 42.5 Å². The molecule has 0 unspecified atom stereocenters. The first-order valence-electron chi connectivity index (χ1n) is 9.16. The number of rotatable bonds is 4. The van der Waals surface area contributed by atoms with Gasteiger partial charge in [-0.2, -0.15) is 0 Å². The first-order valence-corrected chi connectivity index (χ1v) is 9.16. The fourth-order valence-corrected chi connectivity index (χ4v) is 3.81. The predicted molar refractivity (Wildman–Crippen MR) is 103 cm³/mol. The van der Waals surface area contributed by atoms with E-state index in [0.29, 0.717) is 12.0 Å². The Morgan fingerprint density at radius 3 is 2.41 bits per heavy atom. The molecule has 0 aromatic heterocycles. The lowest BCUT2D eigenvalue weighted by atomic mass is 9.84. The van der Waals surface area contributed by atoms with Gasteiger partial charge in [-0.25, -0.2) is 4.79 Å². The maximum absolute atomic E-state index is 12.7. The van der Waals surface area contributed by atoms with E-state index in [-0.39, 0.29) is 24.0 Å². The molecule has 2 atom stereocenters. The summed E-state index contributed by atoms with van der Waals surface area (Å²) in [6.07, 6.45) is 1.24. The molecule has 0 fully saturated rings. The highest BCUT2D eigenvalue weighted by Gasteiger charge is 2.35. The minimum Gasteiger partial charge on any atom is -0.497 e. The Labute approximate surface area is 159 Å². The van der Waals surface area contributed by atoms with Crippen LogP contribution in [0.1, 0.15) is 53.4 Å². The molecule has 0 saturated carbocycles. The van der Waals surface area contributed by atoms with E-state index in [1.165, 1.54) is 12.7 Å². The summed E-state index contributed by atoms with van der Waals surface area (Å²) in [6.45, 7) is 3.96. The minimum atomic E-state index is -0.370. The number of methoxy groups -OCH3 is 2. The van der Waals surface area contributed by atoms with Crippen molar-refractivity contribution in [2.24, 2.45) is 0 Å². The van der Waals surface area contributed by atoms with Gasteiger partial charge < -0.3 is 14.4 Å². The van der Waals surface area contributed by atoms with Crippen LogP contribution < -0.4 is 4.74 Å². The van der Waals surface area contributed by atoms with E-state index < -0.39 is 0 Å². The van der Waals surface area contributed by atoms with Crippen LogP contribution in [0.4, 0.5) is 0 Å². The molecule has 27 heavy (non-hydrogen) atoms. The number of carbonyl (C=O) groups excluding carboxylic acids is 2. The highest BCUT2D eigenvalue weighted by atomic mass is 16.5. The fraction of sp³-hybridized carbons (Fsp3) is 0.364. The number of hydrogen-bond donors (Lipinski definition) is 0. The van der Waals surface area contributed by atoms with Crippen LogP contribution in [0.3, 0.4) is 0 Å². The van der Waals surface area contributed by atoms with Crippen LogP contribution >= 0.6 is 0 Å². The lowest BCUT2D eigenvalue weighted by Gasteiger charge is -2.42.